The Labute approximate surface area is 190 Å². The van der Waals surface area contributed by atoms with Crippen LogP contribution in [0.1, 0.15) is 49.6 Å². The van der Waals surface area contributed by atoms with Gasteiger partial charge in [-0.1, -0.05) is 25.1 Å². The number of carbonyl (C=O) groups excluding carboxylic acids is 1. The Balaban J connectivity index is 1.61. The minimum Gasteiger partial charge on any atom is -0.415 e. The maximum Gasteiger partial charge on any atom is 0.324 e. The van der Waals surface area contributed by atoms with Gasteiger partial charge in [0, 0.05) is 29.9 Å². The summed E-state index contributed by atoms with van der Waals surface area (Å²) in [6, 6.07) is 11.7. The number of hydrogen-bond acceptors (Lipinski definition) is 4. The maximum atomic E-state index is 15.0. The van der Waals surface area contributed by atoms with Crippen molar-refractivity contribution >= 4 is 11.7 Å². The van der Waals surface area contributed by atoms with Gasteiger partial charge >= 0.3 is 12.5 Å². The van der Waals surface area contributed by atoms with E-state index in [1.165, 1.54) is 12.1 Å². The molecule has 4 rings (SSSR count). The molecule has 3 aromatic rings. The molecular formula is C24H25F3N4O2. The van der Waals surface area contributed by atoms with E-state index in [9.17, 15) is 13.6 Å². The van der Waals surface area contributed by atoms with Crippen LogP contribution in [-0.4, -0.2) is 34.2 Å². The number of hydrogen-bond donors (Lipinski definition) is 0. The fourth-order valence-corrected chi connectivity index (χ4v) is 3.86. The van der Waals surface area contributed by atoms with Gasteiger partial charge in [-0.25, -0.2) is 9.18 Å². The number of carbonyl (C=O) groups is 1. The van der Waals surface area contributed by atoms with Gasteiger partial charge in [-0.15, -0.1) is 10.2 Å². The predicted octanol–water partition coefficient (Wildman–Crippen LogP) is 5.99. The van der Waals surface area contributed by atoms with Crippen molar-refractivity contribution in [2.45, 2.75) is 45.6 Å². The van der Waals surface area contributed by atoms with Gasteiger partial charge in [0.2, 0.25) is 5.89 Å². The van der Waals surface area contributed by atoms with E-state index in [-0.39, 0.29) is 29.6 Å². The smallest absolute Gasteiger partial charge is 0.324 e. The summed E-state index contributed by atoms with van der Waals surface area (Å²) in [5.41, 5.74) is 2.31. The lowest BCUT2D eigenvalue weighted by molar-refractivity contribution is 0.116. The Hall–Kier alpha value is -3.36. The molecule has 1 aliphatic rings. The third kappa shape index (κ3) is 5.18. The Bertz CT molecular complexity index is 1100. The summed E-state index contributed by atoms with van der Waals surface area (Å²) >= 11 is 0. The second-order valence-electron chi connectivity index (χ2n) is 7.99. The van der Waals surface area contributed by atoms with Crippen LogP contribution in [0.2, 0.25) is 0 Å². The lowest BCUT2D eigenvalue weighted by Gasteiger charge is -2.33. The average Bonchev–Trinajstić information content (AvgIpc) is 3.34. The van der Waals surface area contributed by atoms with Gasteiger partial charge in [-0.3, -0.25) is 4.90 Å². The average molecular weight is 458 g/mol. The van der Waals surface area contributed by atoms with Gasteiger partial charge in [0.05, 0.1) is 6.54 Å². The summed E-state index contributed by atoms with van der Waals surface area (Å²) < 4.78 is 45.3. The molecule has 174 valence electrons. The molecule has 0 aliphatic carbocycles. The van der Waals surface area contributed by atoms with E-state index in [2.05, 4.69) is 17.1 Å². The molecule has 1 saturated heterocycles. The summed E-state index contributed by atoms with van der Waals surface area (Å²) in [6.45, 7) is 3.43. The minimum absolute atomic E-state index is 0.0268. The zero-order valence-electron chi connectivity index (χ0n) is 18.3. The van der Waals surface area contributed by atoms with Crippen LogP contribution in [0.5, 0.6) is 0 Å². The summed E-state index contributed by atoms with van der Waals surface area (Å²) in [6.07, 6.45) is 0.960. The second kappa shape index (κ2) is 10.1. The van der Waals surface area contributed by atoms with Gasteiger partial charge in [0.1, 0.15) is 5.82 Å². The zero-order valence-corrected chi connectivity index (χ0v) is 18.3. The number of piperidine rings is 1. The van der Waals surface area contributed by atoms with Gasteiger partial charge in [-0.2, -0.15) is 8.78 Å². The largest absolute Gasteiger partial charge is 0.415 e. The van der Waals surface area contributed by atoms with E-state index >= 15 is 4.39 Å². The van der Waals surface area contributed by atoms with Crippen molar-refractivity contribution in [2.24, 2.45) is 0 Å². The Kier molecular flexibility index (Phi) is 6.96. The minimum atomic E-state index is -2.90. The molecule has 0 spiro atoms. The maximum absolute atomic E-state index is 15.0. The predicted molar refractivity (Wildman–Crippen MR) is 117 cm³/mol. The van der Waals surface area contributed by atoms with E-state index in [0.29, 0.717) is 18.8 Å². The number of aryl methyl sites for hydroxylation is 1. The molecule has 0 saturated carbocycles. The Morgan fingerprint density at radius 2 is 1.82 bits per heavy atom. The lowest BCUT2D eigenvalue weighted by atomic mass is 10.1. The summed E-state index contributed by atoms with van der Waals surface area (Å²) in [5, 5.41) is 6.83. The van der Waals surface area contributed by atoms with E-state index in [4.69, 9.17) is 4.42 Å². The topological polar surface area (TPSA) is 62.5 Å². The van der Waals surface area contributed by atoms with Crippen LogP contribution in [0.15, 0.2) is 46.9 Å². The molecule has 0 unspecified atom stereocenters. The molecule has 1 fully saturated rings. The summed E-state index contributed by atoms with van der Waals surface area (Å²) in [7, 11) is 0. The molecule has 0 radical (unpaired) electrons. The van der Waals surface area contributed by atoms with Crippen molar-refractivity contribution in [1.29, 1.82) is 0 Å². The van der Waals surface area contributed by atoms with Crippen molar-refractivity contribution < 1.29 is 22.4 Å². The fourth-order valence-electron chi connectivity index (χ4n) is 3.86. The van der Waals surface area contributed by atoms with E-state index < -0.39 is 18.1 Å². The Morgan fingerprint density at radius 3 is 2.42 bits per heavy atom. The first-order chi connectivity index (χ1) is 16.0. The second-order valence-corrected chi connectivity index (χ2v) is 7.99. The fraction of sp³-hybridized carbons (Fsp3) is 0.375. The number of amides is 2. The summed E-state index contributed by atoms with van der Waals surface area (Å²) in [5.74, 6) is -1.60. The van der Waals surface area contributed by atoms with Crippen LogP contribution in [0.25, 0.3) is 11.5 Å². The highest BCUT2D eigenvalue weighted by Gasteiger charge is 2.25. The molecular weight excluding hydrogens is 433 g/mol. The molecule has 6 nitrogen and oxygen atoms in total. The number of anilines is 1. The molecule has 0 bridgehead atoms. The summed E-state index contributed by atoms with van der Waals surface area (Å²) in [4.78, 5) is 16.7. The standard InChI is InChI=1S/C24H25F3N4O2/c1-2-16-6-10-19(11-7-16)31(24(32)30-12-4-3-5-13-30)15-18-9-8-17(14-20(18)25)22-28-29-23(33-22)21(26)27/h6-11,14,21H,2-5,12-13,15H2,1H3. The third-order valence-corrected chi connectivity index (χ3v) is 5.77. The SMILES string of the molecule is CCc1ccc(N(Cc2ccc(-c3nnc(C(F)F)o3)cc2F)C(=O)N2CCCCC2)cc1. The highest BCUT2D eigenvalue weighted by Crippen LogP contribution is 2.27. The lowest BCUT2D eigenvalue weighted by Crippen LogP contribution is -2.45. The van der Waals surface area contributed by atoms with Crippen molar-refractivity contribution in [3.05, 3.63) is 65.3 Å². The molecule has 2 amide bonds. The number of nitrogens with zero attached hydrogens (tertiary/aromatic N) is 4. The number of alkyl halides is 2. The van der Waals surface area contributed by atoms with Crippen LogP contribution >= 0.6 is 0 Å². The first-order valence-electron chi connectivity index (χ1n) is 11.0. The normalized spacial score (nSPS) is 14.0. The van der Waals surface area contributed by atoms with Crippen molar-refractivity contribution in [3.8, 4) is 11.5 Å². The number of aromatic nitrogens is 2. The highest BCUT2D eigenvalue weighted by molar-refractivity contribution is 5.92. The first kappa shape index (κ1) is 22.8. The monoisotopic (exact) mass is 458 g/mol. The molecule has 1 aliphatic heterocycles. The molecule has 9 heteroatoms. The van der Waals surface area contributed by atoms with Gasteiger partial charge in [-0.05, 0) is 55.5 Å². The van der Waals surface area contributed by atoms with E-state index in [1.54, 1.807) is 9.80 Å². The van der Waals surface area contributed by atoms with E-state index in [1.807, 2.05) is 24.3 Å². The quantitative estimate of drug-likeness (QED) is 0.455. The molecule has 2 heterocycles. The first-order valence-corrected chi connectivity index (χ1v) is 11.0. The number of rotatable bonds is 6. The molecule has 0 N–H and O–H groups in total. The molecule has 2 aromatic carbocycles. The third-order valence-electron chi connectivity index (χ3n) is 5.77. The van der Waals surface area contributed by atoms with Crippen LogP contribution in [0.4, 0.5) is 23.7 Å². The van der Waals surface area contributed by atoms with Crippen molar-refractivity contribution in [2.75, 3.05) is 18.0 Å². The number of likely N-dealkylation sites (tertiary alicyclic amines) is 1. The zero-order chi connectivity index (χ0) is 23.4. The van der Waals surface area contributed by atoms with Crippen molar-refractivity contribution in [1.82, 2.24) is 15.1 Å². The molecule has 1 aromatic heterocycles. The van der Waals surface area contributed by atoms with Crippen LogP contribution < -0.4 is 4.90 Å². The van der Waals surface area contributed by atoms with E-state index in [0.717, 1.165) is 37.3 Å². The molecule has 33 heavy (non-hydrogen) atoms. The van der Waals surface area contributed by atoms with Crippen molar-refractivity contribution in [3.63, 3.8) is 0 Å². The number of urea groups is 1. The van der Waals surface area contributed by atoms with Crippen LogP contribution in [-0.2, 0) is 13.0 Å². The highest BCUT2D eigenvalue weighted by atomic mass is 19.3. The Morgan fingerprint density at radius 1 is 1.09 bits per heavy atom. The number of halogens is 3. The van der Waals surface area contributed by atoms with Crippen LogP contribution in [0.3, 0.4) is 0 Å². The van der Waals surface area contributed by atoms with Gasteiger partial charge in [0.25, 0.3) is 5.89 Å². The van der Waals surface area contributed by atoms with Gasteiger partial charge < -0.3 is 9.32 Å². The number of benzene rings is 2. The molecule has 0 atom stereocenters. The van der Waals surface area contributed by atoms with Crippen LogP contribution in [0, 0.1) is 5.82 Å². The van der Waals surface area contributed by atoms with Gasteiger partial charge in [0.15, 0.2) is 0 Å².